The molecule has 4 aromatic rings. The Labute approximate surface area is 297 Å². The van der Waals surface area contributed by atoms with E-state index in [0.29, 0.717) is 27.1 Å². The molecule has 0 aliphatic heterocycles. The summed E-state index contributed by atoms with van der Waals surface area (Å²) in [6, 6.07) is 25.3. The Morgan fingerprint density at radius 1 is 0.833 bits per heavy atom. The van der Waals surface area contributed by atoms with Crippen LogP contribution in [0.4, 0.5) is 5.69 Å². The van der Waals surface area contributed by atoms with Crippen molar-refractivity contribution in [2.75, 3.05) is 17.5 Å². The topological polar surface area (TPSA) is 96.0 Å². The fraction of sp³-hybridized carbons (Fsp3) is 0.278. The van der Waals surface area contributed by atoms with Crippen molar-refractivity contribution in [1.82, 2.24) is 10.2 Å². The standard InChI is InChI=1S/C36H38Cl3N3O5S/c1-4-25(3)40-36(44)33(22-26-12-7-6-8-13-26)41(23-29-30(38)14-11-15-31(29)39)35(43)24-42(32-16-9-10-17-34(32)47-5-2)48(45,46)28-20-18-27(37)19-21-28/h6-21,25,33H,4-5,22-24H2,1-3H3,(H,40,44)/t25-,33+/m1/s1. The number of rotatable bonds is 15. The van der Waals surface area contributed by atoms with Gasteiger partial charge in [-0.15, -0.1) is 0 Å². The van der Waals surface area contributed by atoms with Gasteiger partial charge < -0.3 is 15.0 Å². The van der Waals surface area contributed by atoms with Gasteiger partial charge in [0.2, 0.25) is 11.8 Å². The van der Waals surface area contributed by atoms with Gasteiger partial charge in [0.25, 0.3) is 10.0 Å². The maximum Gasteiger partial charge on any atom is 0.264 e. The fourth-order valence-electron chi connectivity index (χ4n) is 5.04. The lowest BCUT2D eigenvalue weighted by Gasteiger charge is -2.35. The van der Waals surface area contributed by atoms with Gasteiger partial charge in [-0.3, -0.25) is 13.9 Å². The van der Waals surface area contributed by atoms with E-state index in [2.05, 4.69) is 5.32 Å². The van der Waals surface area contributed by atoms with Gasteiger partial charge >= 0.3 is 0 Å². The summed E-state index contributed by atoms with van der Waals surface area (Å²) in [5, 5.41) is 3.96. The number of nitrogens with zero attached hydrogens (tertiary/aromatic N) is 2. The van der Waals surface area contributed by atoms with Crippen molar-refractivity contribution in [3.8, 4) is 5.75 Å². The molecule has 0 aliphatic carbocycles. The number of para-hydroxylation sites is 2. The number of hydrogen-bond acceptors (Lipinski definition) is 5. The number of carbonyl (C=O) groups is 2. The predicted molar refractivity (Wildman–Crippen MR) is 192 cm³/mol. The second-order valence-electron chi connectivity index (χ2n) is 11.1. The molecule has 48 heavy (non-hydrogen) atoms. The van der Waals surface area contributed by atoms with E-state index in [9.17, 15) is 18.0 Å². The van der Waals surface area contributed by atoms with Crippen LogP contribution in [-0.4, -0.2) is 50.4 Å². The number of ether oxygens (including phenoxy) is 1. The van der Waals surface area contributed by atoms with Crippen molar-refractivity contribution in [2.24, 2.45) is 0 Å². The zero-order valence-electron chi connectivity index (χ0n) is 26.9. The SMILES string of the molecule is CCOc1ccccc1N(CC(=O)N(Cc1c(Cl)cccc1Cl)[C@@H](Cc1ccccc1)C(=O)N[C@H](C)CC)S(=O)(=O)c1ccc(Cl)cc1. The first-order valence-corrected chi connectivity index (χ1v) is 18.1. The molecule has 4 rings (SSSR count). The molecule has 4 aromatic carbocycles. The van der Waals surface area contributed by atoms with Crippen LogP contribution in [0.25, 0.3) is 0 Å². The number of hydrogen-bond donors (Lipinski definition) is 1. The first kappa shape index (κ1) is 37.1. The fourth-order valence-corrected chi connectivity index (χ4v) is 7.10. The highest BCUT2D eigenvalue weighted by molar-refractivity contribution is 7.92. The van der Waals surface area contributed by atoms with Crippen molar-refractivity contribution in [1.29, 1.82) is 0 Å². The summed E-state index contributed by atoms with van der Waals surface area (Å²) in [5.74, 6) is -0.789. The summed E-state index contributed by atoms with van der Waals surface area (Å²) >= 11 is 19.3. The molecule has 0 bridgehead atoms. The van der Waals surface area contributed by atoms with Crippen molar-refractivity contribution in [3.05, 3.63) is 123 Å². The largest absolute Gasteiger partial charge is 0.492 e. The molecule has 0 aliphatic rings. The summed E-state index contributed by atoms with van der Waals surface area (Å²) < 4.78 is 35.5. The lowest BCUT2D eigenvalue weighted by atomic mass is 10.0. The van der Waals surface area contributed by atoms with Crippen LogP contribution >= 0.6 is 34.8 Å². The Bertz CT molecular complexity index is 1790. The average Bonchev–Trinajstić information content (AvgIpc) is 3.07. The molecule has 0 heterocycles. The Morgan fingerprint density at radius 3 is 2.08 bits per heavy atom. The quantitative estimate of drug-likeness (QED) is 0.135. The molecular formula is C36H38Cl3N3O5S. The number of amides is 2. The molecule has 0 fully saturated rings. The summed E-state index contributed by atoms with van der Waals surface area (Å²) in [6.07, 6.45) is 0.811. The molecule has 0 aromatic heterocycles. The maximum absolute atomic E-state index is 14.7. The van der Waals surface area contributed by atoms with E-state index < -0.39 is 34.4 Å². The van der Waals surface area contributed by atoms with Crippen molar-refractivity contribution in [2.45, 2.75) is 57.1 Å². The van der Waals surface area contributed by atoms with Crippen molar-refractivity contribution >= 4 is 62.3 Å². The summed E-state index contributed by atoms with van der Waals surface area (Å²) in [4.78, 5) is 30.0. The van der Waals surface area contributed by atoms with Crippen LogP contribution in [0, 0.1) is 0 Å². The van der Waals surface area contributed by atoms with Crippen LogP contribution in [-0.2, 0) is 32.6 Å². The molecule has 2 amide bonds. The van der Waals surface area contributed by atoms with Crippen LogP contribution in [0.15, 0.2) is 102 Å². The van der Waals surface area contributed by atoms with Gasteiger partial charge in [0, 0.05) is 39.6 Å². The van der Waals surface area contributed by atoms with Crippen LogP contribution in [0.3, 0.4) is 0 Å². The highest BCUT2D eigenvalue weighted by atomic mass is 35.5. The van der Waals surface area contributed by atoms with E-state index in [1.807, 2.05) is 44.2 Å². The van der Waals surface area contributed by atoms with Crippen molar-refractivity contribution < 1.29 is 22.7 Å². The Balaban J connectivity index is 1.88. The van der Waals surface area contributed by atoms with Crippen LogP contribution in [0.5, 0.6) is 5.75 Å². The summed E-state index contributed by atoms with van der Waals surface area (Å²) in [5.41, 5.74) is 1.38. The molecular weight excluding hydrogens is 693 g/mol. The minimum Gasteiger partial charge on any atom is -0.492 e. The van der Waals surface area contributed by atoms with Gasteiger partial charge in [0.1, 0.15) is 18.3 Å². The highest BCUT2D eigenvalue weighted by Gasteiger charge is 2.36. The number of anilines is 1. The highest BCUT2D eigenvalue weighted by Crippen LogP contribution is 2.34. The molecule has 254 valence electrons. The van der Waals surface area contributed by atoms with Gasteiger partial charge in [0.15, 0.2) is 0 Å². The molecule has 12 heteroatoms. The Kier molecular flexibility index (Phi) is 13.2. The predicted octanol–water partition coefficient (Wildman–Crippen LogP) is 7.80. The van der Waals surface area contributed by atoms with Gasteiger partial charge in [0.05, 0.1) is 17.2 Å². The number of benzene rings is 4. The number of sulfonamides is 1. The normalized spacial score (nSPS) is 12.5. The first-order chi connectivity index (χ1) is 23.0. The van der Waals surface area contributed by atoms with E-state index in [0.717, 1.165) is 9.87 Å². The molecule has 8 nitrogen and oxygen atoms in total. The molecule has 0 unspecified atom stereocenters. The van der Waals surface area contributed by atoms with Crippen molar-refractivity contribution in [3.63, 3.8) is 0 Å². The maximum atomic E-state index is 14.7. The number of nitrogens with one attached hydrogen (secondary N) is 1. The average molecular weight is 731 g/mol. The van der Waals surface area contributed by atoms with E-state index in [4.69, 9.17) is 39.5 Å². The molecule has 0 spiro atoms. The summed E-state index contributed by atoms with van der Waals surface area (Å²) in [6.45, 7) is 5.02. The molecule has 1 N–H and O–H groups in total. The van der Waals surface area contributed by atoms with Crippen LogP contribution in [0.2, 0.25) is 15.1 Å². The van der Waals surface area contributed by atoms with E-state index in [-0.39, 0.29) is 41.9 Å². The summed E-state index contributed by atoms with van der Waals surface area (Å²) in [7, 11) is -4.36. The van der Waals surface area contributed by atoms with Gasteiger partial charge in [-0.05, 0) is 74.4 Å². The third kappa shape index (κ3) is 9.23. The molecule has 0 saturated heterocycles. The van der Waals surface area contributed by atoms with Crippen LogP contribution < -0.4 is 14.4 Å². The van der Waals surface area contributed by atoms with Crippen LogP contribution in [0.1, 0.15) is 38.3 Å². The lowest BCUT2D eigenvalue weighted by Crippen LogP contribution is -2.54. The van der Waals surface area contributed by atoms with Gasteiger partial charge in [-0.1, -0.05) is 90.3 Å². The lowest BCUT2D eigenvalue weighted by molar-refractivity contribution is -0.140. The van der Waals surface area contributed by atoms with E-state index >= 15 is 0 Å². The zero-order chi connectivity index (χ0) is 34.8. The Hall–Kier alpha value is -3.76. The monoisotopic (exact) mass is 729 g/mol. The smallest absolute Gasteiger partial charge is 0.264 e. The van der Waals surface area contributed by atoms with Gasteiger partial charge in [-0.25, -0.2) is 8.42 Å². The third-order valence-corrected chi connectivity index (χ3v) is 10.5. The minimum atomic E-state index is -4.36. The Morgan fingerprint density at radius 2 is 1.46 bits per heavy atom. The molecule has 0 saturated carbocycles. The zero-order valence-corrected chi connectivity index (χ0v) is 30.0. The van der Waals surface area contributed by atoms with Gasteiger partial charge in [-0.2, -0.15) is 0 Å². The number of halogens is 3. The first-order valence-electron chi connectivity index (χ1n) is 15.5. The second kappa shape index (κ2) is 17.1. The third-order valence-electron chi connectivity index (χ3n) is 7.78. The number of carbonyl (C=O) groups excluding carboxylic acids is 2. The minimum absolute atomic E-state index is 0.0814. The molecule has 2 atom stereocenters. The molecule has 0 radical (unpaired) electrons. The second-order valence-corrected chi connectivity index (χ2v) is 14.2. The van der Waals surface area contributed by atoms with E-state index in [1.165, 1.54) is 29.2 Å². The van der Waals surface area contributed by atoms with E-state index in [1.54, 1.807) is 49.4 Å².